The summed E-state index contributed by atoms with van der Waals surface area (Å²) in [5.41, 5.74) is -3.31. The van der Waals surface area contributed by atoms with Gasteiger partial charge in [0.1, 0.15) is 0 Å². The van der Waals surface area contributed by atoms with Crippen molar-refractivity contribution in [3.8, 4) is 0 Å². The molecule has 1 saturated heterocycles. The fourth-order valence-electron chi connectivity index (χ4n) is 3.64. The van der Waals surface area contributed by atoms with E-state index in [0.717, 1.165) is 25.7 Å². The molecule has 1 saturated carbocycles. The van der Waals surface area contributed by atoms with Crippen molar-refractivity contribution in [1.82, 2.24) is 4.90 Å². The number of benzene rings is 1. The summed E-state index contributed by atoms with van der Waals surface area (Å²) in [6.45, 7) is 1.01. The Morgan fingerprint density at radius 2 is 1.83 bits per heavy atom. The van der Waals surface area contributed by atoms with Crippen LogP contribution in [0.1, 0.15) is 37.7 Å². The molecule has 6 heteroatoms. The second kappa shape index (κ2) is 5.51. The Bertz CT molecular complexity index is 583. The Morgan fingerprint density at radius 1 is 1.17 bits per heavy atom. The van der Waals surface area contributed by atoms with Gasteiger partial charge in [-0.15, -0.1) is 0 Å². The average Bonchev–Trinajstić information content (AvgIpc) is 2.92. The number of likely N-dealkylation sites (tertiary alicyclic amines) is 1. The van der Waals surface area contributed by atoms with E-state index in [1.54, 1.807) is 6.07 Å². The number of halogens is 3. The molecule has 1 atom stereocenters. The van der Waals surface area contributed by atoms with Gasteiger partial charge in [0.15, 0.2) is 5.60 Å². The van der Waals surface area contributed by atoms with Gasteiger partial charge in [-0.3, -0.25) is 4.79 Å². The van der Waals surface area contributed by atoms with E-state index < -0.39 is 24.1 Å². The molecule has 126 valence electrons. The molecule has 0 bridgehead atoms. The number of rotatable bonds is 3. The van der Waals surface area contributed by atoms with Crippen LogP contribution in [0.25, 0.3) is 0 Å². The lowest BCUT2D eigenvalue weighted by Gasteiger charge is -2.38. The third-order valence-corrected chi connectivity index (χ3v) is 5.33. The largest absolute Gasteiger partial charge is 0.421 e. The maximum absolute atomic E-state index is 13.4. The summed E-state index contributed by atoms with van der Waals surface area (Å²) in [4.78, 5) is 13.9. The third-order valence-electron chi connectivity index (χ3n) is 5.33. The van der Waals surface area contributed by atoms with Crippen molar-refractivity contribution < 1.29 is 23.1 Å². The Hall–Kier alpha value is -1.56. The molecule has 3 rings (SSSR count). The number of carbonyl (C=O) groups is 1. The maximum Gasteiger partial charge on any atom is 0.421 e. The van der Waals surface area contributed by atoms with Crippen molar-refractivity contribution in [3.63, 3.8) is 0 Å². The van der Waals surface area contributed by atoms with E-state index >= 15 is 0 Å². The summed E-state index contributed by atoms with van der Waals surface area (Å²) in [5.74, 6) is -0.627. The average molecular weight is 327 g/mol. The zero-order chi connectivity index (χ0) is 16.7. The van der Waals surface area contributed by atoms with Gasteiger partial charge in [0.25, 0.3) is 0 Å². The second-order valence-electron chi connectivity index (χ2n) is 6.82. The Labute approximate surface area is 133 Å². The SMILES string of the molecule is O=C(C[C@](O)(c1ccccc1)C(F)(F)F)N1CCC2(CCC2)C1. The smallest absolute Gasteiger partial charge is 0.376 e. The van der Waals surface area contributed by atoms with Gasteiger partial charge < -0.3 is 10.0 Å². The number of amides is 1. The summed E-state index contributed by atoms with van der Waals surface area (Å²) in [6.07, 6.45) is -1.81. The lowest BCUT2D eigenvalue weighted by Crippen LogP contribution is -2.47. The number of hydrogen-bond acceptors (Lipinski definition) is 2. The summed E-state index contributed by atoms with van der Waals surface area (Å²) < 4.78 is 40.3. The summed E-state index contributed by atoms with van der Waals surface area (Å²) >= 11 is 0. The molecule has 3 nitrogen and oxygen atoms in total. The van der Waals surface area contributed by atoms with Crippen molar-refractivity contribution >= 4 is 5.91 Å². The highest BCUT2D eigenvalue weighted by Crippen LogP contribution is 2.49. The van der Waals surface area contributed by atoms with Crippen molar-refractivity contribution in [2.75, 3.05) is 13.1 Å². The van der Waals surface area contributed by atoms with E-state index in [2.05, 4.69) is 0 Å². The molecule has 1 spiro atoms. The lowest BCUT2D eigenvalue weighted by molar-refractivity contribution is -0.268. The Balaban J connectivity index is 1.78. The number of carbonyl (C=O) groups excluding carboxylic acids is 1. The third kappa shape index (κ3) is 2.84. The fourth-order valence-corrected chi connectivity index (χ4v) is 3.64. The Kier molecular flexibility index (Phi) is 3.91. The van der Waals surface area contributed by atoms with E-state index in [9.17, 15) is 23.1 Å². The molecule has 0 unspecified atom stereocenters. The molecular weight excluding hydrogens is 307 g/mol. The summed E-state index contributed by atoms with van der Waals surface area (Å²) in [7, 11) is 0. The molecule has 23 heavy (non-hydrogen) atoms. The van der Waals surface area contributed by atoms with Crippen LogP contribution >= 0.6 is 0 Å². The van der Waals surface area contributed by atoms with Crippen LogP contribution in [0.3, 0.4) is 0 Å². The van der Waals surface area contributed by atoms with Crippen LogP contribution in [-0.2, 0) is 10.4 Å². The van der Waals surface area contributed by atoms with Gasteiger partial charge in [-0.05, 0) is 30.2 Å². The molecule has 2 aliphatic rings. The minimum Gasteiger partial charge on any atom is -0.376 e. The molecule has 2 fully saturated rings. The normalized spacial score (nSPS) is 22.7. The van der Waals surface area contributed by atoms with Crippen molar-refractivity contribution in [1.29, 1.82) is 0 Å². The van der Waals surface area contributed by atoms with Crippen molar-refractivity contribution in [2.24, 2.45) is 5.41 Å². The quantitative estimate of drug-likeness (QED) is 0.926. The molecular formula is C17H20F3NO2. The van der Waals surface area contributed by atoms with Crippen LogP contribution in [0, 0.1) is 5.41 Å². The zero-order valence-electron chi connectivity index (χ0n) is 12.8. The molecule has 1 aromatic carbocycles. The van der Waals surface area contributed by atoms with Gasteiger partial charge in [-0.25, -0.2) is 0 Å². The highest BCUT2D eigenvalue weighted by atomic mass is 19.4. The number of hydrogen-bond donors (Lipinski definition) is 1. The Morgan fingerprint density at radius 3 is 2.30 bits per heavy atom. The van der Waals surface area contributed by atoms with Gasteiger partial charge in [-0.2, -0.15) is 13.2 Å². The first-order valence-electron chi connectivity index (χ1n) is 7.88. The van der Waals surface area contributed by atoms with Crippen LogP contribution in [0.2, 0.25) is 0 Å². The zero-order valence-corrected chi connectivity index (χ0v) is 12.8. The topological polar surface area (TPSA) is 40.5 Å². The maximum atomic E-state index is 13.4. The van der Waals surface area contributed by atoms with Crippen LogP contribution in [0.5, 0.6) is 0 Å². The first kappa shape index (κ1) is 16.3. The van der Waals surface area contributed by atoms with Crippen LogP contribution in [0.15, 0.2) is 30.3 Å². The van der Waals surface area contributed by atoms with Gasteiger partial charge >= 0.3 is 6.18 Å². The van der Waals surface area contributed by atoms with E-state index in [0.29, 0.717) is 13.1 Å². The molecule has 1 heterocycles. The van der Waals surface area contributed by atoms with Crippen molar-refractivity contribution in [2.45, 2.75) is 43.9 Å². The van der Waals surface area contributed by atoms with Crippen LogP contribution in [0.4, 0.5) is 13.2 Å². The van der Waals surface area contributed by atoms with E-state index in [-0.39, 0.29) is 11.0 Å². The van der Waals surface area contributed by atoms with Gasteiger partial charge in [0.2, 0.25) is 5.91 Å². The predicted molar refractivity (Wildman–Crippen MR) is 78.5 cm³/mol. The second-order valence-corrected chi connectivity index (χ2v) is 6.82. The van der Waals surface area contributed by atoms with Gasteiger partial charge in [0, 0.05) is 13.1 Å². The first-order chi connectivity index (χ1) is 10.8. The van der Waals surface area contributed by atoms with Crippen LogP contribution < -0.4 is 0 Å². The van der Waals surface area contributed by atoms with Crippen LogP contribution in [-0.4, -0.2) is 35.2 Å². The van der Waals surface area contributed by atoms with Gasteiger partial charge in [0.05, 0.1) is 6.42 Å². The molecule has 1 aromatic rings. The van der Waals surface area contributed by atoms with E-state index in [1.165, 1.54) is 29.2 Å². The first-order valence-corrected chi connectivity index (χ1v) is 7.88. The monoisotopic (exact) mass is 327 g/mol. The van der Waals surface area contributed by atoms with E-state index in [4.69, 9.17) is 0 Å². The molecule has 1 aliphatic heterocycles. The lowest BCUT2D eigenvalue weighted by atomic mass is 9.68. The molecule has 1 N–H and O–H groups in total. The minimum absolute atomic E-state index is 0.124. The summed E-state index contributed by atoms with van der Waals surface area (Å²) in [6, 6.07) is 6.84. The highest BCUT2D eigenvalue weighted by molar-refractivity contribution is 5.78. The predicted octanol–water partition coefficient (Wildman–Crippen LogP) is 3.23. The molecule has 0 aromatic heterocycles. The molecule has 1 aliphatic carbocycles. The van der Waals surface area contributed by atoms with Gasteiger partial charge in [-0.1, -0.05) is 36.8 Å². The molecule has 1 amide bonds. The highest BCUT2D eigenvalue weighted by Gasteiger charge is 2.57. The molecule has 0 radical (unpaired) electrons. The van der Waals surface area contributed by atoms with Crippen molar-refractivity contribution in [3.05, 3.63) is 35.9 Å². The van der Waals surface area contributed by atoms with E-state index in [1.807, 2.05) is 0 Å². The standard InChI is InChI=1S/C17H20F3NO2/c18-17(19,20)16(23,13-5-2-1-3-6-13)11-14(22)21-10-9-15(12-21)7-4-8-15/h1-3,5-6,23H,4,7-12H2/t16-/m0/s1. The number of aliphatic hydroxyl groups is 1. The summed E-state index contributed by atoms with van der Waals surface area (Å²) in [5, 5.41) is 10.3. The number of nitrogens with zero attached hydrogens (tertiary/aromatic N) is 1. The number of alkyl halides is 3. The minimum atomic E-state index is -4.90. The fraction of sp³-hybridized carbons (Fsp3) is 0.588.